The Morgan fingerprint density at radius 2 is 1.73 bits per heavy atom. The molecule has 0 saturated heterocycles. The molecule has 8 nitrogen and oxygen atoms in total. The number of carbonyl (C=O) groups is 1. The lowest BCUT2D eigenvalue weighted by atomic mass is 10.4. The Kier molecular flexibility index (Phi) is 4.57. The summed E-state index contributed by atoms with van der Waals surface area (Å²) >= 11 is 0. The Bertz CT molecular complexity index is 784. The molecule has 0 radical (unpaired) electrons. The van der Waals surface area contributed by atoms with Crippen molar-refractivity contribution in [3.8, 4) is 0 Å². The standard InChI is InChI=1S/C12H16N2O6S2/c1-8(12(15)16)13-21(17,18)10-3-2-4-11(7-10)22(19,20)14-9-5-6-9/h2-4,7-9,13-14H,5-6H2,1H3,(H,15,16). The first-order valence-electron chi connectivity index (χ1n) is 6.49. The first kappa shape index (κ1) is 16.9. The van der Waals surface area contributed by atoms with Crippen molar-refractivity contribution >= 4 is 26.0 Å². The second-order valence-electron chi connectivity index (χ2n) is 5.05. The number of carboxylic acids is 1. The average molecular weight is 348 g/mol. The van der Waals surface area contributed by atoms with Gasteiger partial charge in [-0.2, -0.15) is 4.72 Å². The van der Waals surface area contributed by atoms with Gasteiger partial charge in [-0.1, -0.05) is 6.07 Å². The molecule has 1 aromatic rings. The van der Waals surface area contributed by atoms with Gasteiger partial charge in [0.05, 0.1) is 9.79 Å². The summed E-state index contributed by atoms with van der Waals surface area (Å²) in [6, 6.07) is 3.35. The van der Waals surface area contributed by atoms with E-state index in [9.17, 15) is 21.6 Å². The summed E-state index contributed by atoms with van der Waals surface area (Å²) in [4.78, 5) is 10.2. The monoisotopic (exact) mass is 348 g/mol. The second-order valence-corrected chi connectivity index (χ2v) is 8.48. The molecule has 0 aliphatic heterocycles. The smallest absolute Gasteiger partial charge is 0.321 e. The van der Waals surface area contributed by atoms with Crippen LogP contribution < -0.4 is 9.44 Å². The summed E-state index contributed by atoms with van der Waals surface area (Å²) in [6.07, 6.45) is 1.52. The predicted octanol–water partition coefficient (Wildman–Crippen LogP) is -0.121. The van der Waals surface area contributed by atoms with Crippen molar-refractivity contribution in [2.45, 2.75) is 41.6 Å². The number of sulfonamides is 2. The third kappa shape index (κ3) is 4.03. The quantitative estimate of drug-likeness (QED) is 0.630. The highest BCUT2D eigenvalue weighted by Gasteiger charge is 2.29. The Morgan fingerprint density at radius 1 is 1.18 bits per heavy atom. The number of hydrogen-bond acceptors (Lipinski definition) is 5. The average Bonchev–Trinajstić information content (AvgIpc) is 3.21. The van der Waals surface area contributed by atoms with Gasteiger partial charge in [0.25, 0.3) is 0 Å². The molecule has 1 saturated carbocycles. The van der Waals surface area contributed by atoms with Crippen molar-refractivity contribution in [1.82, 2.24) is 9.44 Å². The molecule has 1 fully saturated rings. The van der Waals surface area contributed by atoms with Crippen LogP contribution in [0.25, 0.3) is 0 Å². The topological polar surface area (TPSA) is 130 Å². The SMILES string of the molecule is CC(NS(=O)(=O)c1cccc(S(=O)(=O)NC2CC2)c1)C(=O)O. The van der Waals surface area contributed by atoms with Crippen LogP contribution in [0.3, 0.4) is 0 Å². The van der Waals surface area contributed by atoms with Crippen LogP contribution in [0.4, 0.5) is 0 Å². The normalized spacial score (nSPS) is 17.1. The maximum Gasteiger partial charge on any atom is 0.321 e. The van der Waals surface area contributed by atoms with Gasteiger partial charge >= 0.3 is 5.97 Å². The van der Waals surface area contributed by atoms with E-state index >= 15 is 0 Å². The zero-order chi connectivity index (χ0) is 16.5. The van der Waals surface area contributed by atoms with Crippen LogP contribution in [0.15, 0.2) is 34.1 Å². The van der Waals surface area contributed by atoms with Crippen molar-refractivity contribution in [2.24, 2.45) is 0 Å². The van der Waals surface area contributed by atoms with Crippen LogP contribution >= 0.6 is 0 Å². The van der Waals surface area contributed by atoms with E-state index in [1.54, 1.807) is 0 Å². The van der Waals surface area contributed by atoms with Crippen molar-refractivity contribution in [2.75, 3.05) is 0 Å². The third-order valence-electron chi connectivity index (χ3n) is 3.03. The van der Waals surface area contributed by atoms with Gasteiger partial charge in [0, 0.05) is 6.04 Å². The molecule has 1 aromatic carbocycles. The van der Waals surface area contributed by atoms with Gasteiger partial charge in [-0.25, -0.2) is 21.6 Å². The van der Waals surface area contributed by atoms with E-state index in [4.69, 9.17) is 5.11 Å². The van der Waals surface area contributed by atoms with E-state index in [-0.39, 0.29) is 15.8 Å². The van der Waals surface area contributed by atoms with E-state index in [1.807, 2.05) is 4.72 Å². The minimum Gasteiger partial charge on any atom is -0.480 e. The van der Waals surface area contributed by atoms with E-state index in [0.717, 1.165) is 18.9 Å². The second kappa shape index (κ2) is 5.95. The largest absolute Gasteiger partial charge is 0.480 e. The minimum atomic E-state index is -4.12. The van der Waals surface area contributed by atoms with Gasteiger partial charge in [0.1, 0.15) is 6.04 Å². The van der Waals surface area contributed by atoms with E-state index in [0.29, 0.717) is 0 Å². The summed E-state index contributed by atoms with van der Waals surface area (Å²) in [5, 5.41) is 8.75. The van der Waals surface area contributed by atoms with Crippen molar-refractivity contribution < 1.29 is 26.7 Å². The third-order valence-corrected chi connectivity index (χ3v) is 6.08. The molecule has 0 bridgehead atoms. The van der Waals surface area contributed by atoms with Crippen molar-refractivity contribution in [3.05, 3.63) is 24.3 Å². The van der Waals surface area contributed by atoms with Crippen LogP contribution in [0, 0.1) is 0 Å². The Labute approximate surface area is 128 Å². The highest BCUT2D eigenvalue weighted by molar-refractivity contribution is 7.90. The molecule has 1 aliphatic carbocycles. The maximum atomic E-state index is 12.1. The Balaban J connectivity index is 2.29. The van der Waals surface area contributed by atoms with Gasteiger partial charge in [-0.05, 0) is 38.0 Å². The minimum absolute atomic E-state index is 0.101. The van der Waals surface area contributed by atoms with Gasteiger partial charge in [-0.3, -0.25) is 4.79 Å². The fourth-order valence-corrected chi connectivity index (χ4v) is 4.32. The number of benzene rings is 1. The molecule has 1 aliphatic rings. The van der Waals surface area contributed by atoms with Crippen LogP contribution in [0.2, 0.25) is 0 Å². The number of hydrogen-bond donors (Lipinski definition) is 3. The molecule has 22 heavy (non-hydrogen) atoms. The molecule has 2 rings (SSSR count). The maximum absolute atomic E-state index is 12.1. The lowest BCUT2D eigenvalue weighted by Crippen LogP contribution is -2.38. The molecule has 0 aromatic heterocycles. The molecule has 0 spiro atoms. The first-order valence-corrected chi connectivity index (χ1v) is 9.46. The molecule has 1 atom stereocenters. The van der Waals surface area contributed by atoms with Gasteiger partial charge in [-0.15, -0.1) is 0 Å². The summed E-state index contributed by atoms with van der Waals surface area (Å²) in [7, 11) is -7.91. The lowest BCUT2D eigenvalue weighted by Gasteiger charge is -2.11. The number of aliphatic carboxylic acids is 1. The van der Waals surface area contributed by atoms with Gasteiger partial charge in [0.15, 0.2) is 0 Å². The summed E-state index contributed by atoms with van der Waals surface area (Å²) < 4.78 is 52.7. The molecule has 10 heteroatoms. The van der Waals surface area contributed by atoms with Crippen molar-refractivity contribution in [3.63, 3.8) is 0 Å². The van der Waals surface area contributed by atoms with Crippen LogP contribution in [-0.4, -0.2) is 40.0 Å². The highest BCUT2D eigenvalue weighted by atomic mass is 32.2. The fraction of sp³-hybridized carbons (Fsp3) is 0.417. The predicted molar refractivity (Wildman–Crippen MR) is 77.2 cm³/mol. The van der Waals surface area contributed by atoms with Crippen LogP contribution in [0.1, 0.15) is 19.8 Å². The summed E-state index contributed by atoms with van der Waals surface area (Å²) in [5.74, 6) is -1.33. The molecule has 3 N–H and O–H groups in total. The molecular formula is C12H16N2O6S2. The molecule has 1 unspecified atom stereocenters. The van der Waals surface area contributed by atoms with E-state index < -0.39 is 32.1 Å². The molecular weight excluding hydrogens is 332 g/mol. The van der Waals surface area contributed by atoms with Crippen LogP contribution in [-0.2, 0) is 24.8 Å². The first-order chi connectivity index (χ1) is 10.1. The molecule has 122 valence electrons. The van der Waals surface area contributed by atoms with E-state index in [1.165, 1.54) is 25.1 Å². The van der Waals surface area contributed by atoms with E-state index in [2.05, 4.69) is 4.72 Å². The van der Waals surface area contributed by atoms with Gasteiger partial charge < -0.3 is 5.11 Å². The summed E-state index contributed by atoms with van der Waals surface area (Å²) in [6.45, 7) is 1.18. The lowest BCUT2D eigenvalue weighted by molar-refractivity contribution is -0.138. The molecule has 0 heterocycles. The van der Waals surface area contributed by atoms with Crippen LogP contribution in [0.5, 0.6) is 0 Å². The Morgan fingerprint density at radius 3 is 2.23 bits per heavy atom. The van der Waals surface area contributed by atoms with Gasteiger partial charge in [0.2, 0.25) is 20.0 Å². The zero-order valence-corrected chi connectivity index (χ0v) is 13.3. The fourth-order valence-electron chi connectivity index (χ4n) is 1.65. The number of rotatable bonds is 7. The number of nitrogens with one attached hydrogen (secondary N) is 2. The van der Waals surface area contributed by atoms with Crippen molar-refractivity contribution in [1.29, 1.82) is 0 Å². The molecule has 0 amide bonds. The zero-order valence-electron chi connectivity index (χ0n) is 11.7. The summed E-state index contributed by atoms with van der Waals surface area (Å²) in [5.41, 5.74) is 0. The number of carboxylic acid groups (broad SMARTS) is 1. The highest BCUT2D eigenvalue weighted by Crippen LogP contribution is 2.23. The Hall–Kier alpha value is -1.49.